The quantitative estimate of drug-likeness (QED) is 0.255. The van der Waals surface area contributed by atoms with Crippen molar-refractivity contribution in [3.63, 3.8) is 0 Å². The number of thioether (sulfide) groups is 1. The molecule has 1 aromatic carbocycles. The van der Waals surface area contributed by atoms with E-state index < -0.39 is 28.5 Å². The number of aliphatic hydroxyl groups is 1. The monoisotopic (exact) mass is 609 g/mol. The molecular formula is C33H40FN3O5S. The van der Waals surface area contributed by atoms with Crippen molar-refractivity contribution in [2.75, 3.05) is 5.88 Å². The van der Waals surface area contributed by atoms with Crippen LogP contribution in [0.25, 0.3) is 0 Å². The molecule has 0 saturated heterocycles. The van der Waals surface area contributed by atoms with Gasteiger partial charge in [0.2, 0.25) is 10.9 Å². The Kier molecular flexibility index (Phi) is 8.75. The van der Waals surface area contributed by atoms with Crippen molar-refractivity contribution < 1.29 is 28.2 Å². The summed E-state index contributed by atoms with van der Waals surface area (Å²) in [6, 6.07) is 9.12. The van der Waals surface area contributed by atoms with Gasteiger partial charge in [-0.15, -0.1) is 0 Å². The number of aliphatic imine (C=N–C) groups is 1. The molecule has 43 heavy (non-hydrogen) atoms. The Morgan fingerprint density at radius 2 is 2.00 bits per heavy atom. The lowest BCUT2D eigenvalue weighted by Gasteiger charge is -2.54. The number of ether oxygens (including phenoxy) is 1. The van der Waals surface area contributed by atoms with Crippen LogP contribution >= 0.6 is 11.8 Å². The lowest BCUT2D eigenvalue weighted by molar-refractivity contribution is -0.158. The summed E-state index contributed by atoms with van der Waals surface area (Å²) >= 11 is 0.944. The van der Waals surface area contributed by atoms with Crippen molar-refractivity contribution in [1.82, 2.24) is 0 Å². The van der Waals surface area contributed by atoms with Gasteiger partial charge in [0.25, 0.3) is 0 Å². The summed E-state index contributed by atoms with van der Waals surface area (Å²) in [5.41, 5.74) is 12.6. The molecule has 1 aromatic heterocycles. The van der Waals surface area contributed by atoms with Crippen LogP contribution in [0, 0.1) is 28.5 Å². The summed E-state index contributed by atoms with van der Waals surface area (Å²) in [6.07, 6.45) is 7.51. The van der Waals surface area contributed by atoms with E-state index in [4.69, 9.17) is 25.6 Å². The fourth-order valence-electron chi connectivity index (χ4n) is 7.89. The van der Waals surface area contributed by atoms with Crippen molar-refractivity contribution in [2.24, 2.45) is 39.1 Å². The molecule has 3 aliphatic rings. The number of halogens is 1. The third-order valence-electron chi connectivity index (χ3n) is 10.2. The first-order valence-corrected chi connectivity index (χ1v) is 15.8. The molecule has 0 spiro atoms. The maximum Gasteiger partial charge on any atom is 0.375 e. The normalized spacial score (nSPS) is 34.2. The summed E-state index contributed by atoms with van der Waals surface area (Å²) in [4.78, 5) is 31.6. The molecule has 6 atom stereocenters. The number of rotatable bonds is 7. The molecule has 0 amide bonds. The van der Waals surface area contributed by atoms with Gasteiger partial charge in [0.15, 0.2) is 5.60 Å². The second-order valence-electron chi connectivity index (χ2n) is 12.3. The molecule has 5 N–H and O–H groups in total. The van der Waals surface area contributed by atoms with E-state index in [1.165, 1.54) is 24.5 Å². The molecule has 0 bridgehead atoms. The number of furan rings is 1. The fraction of sp³-hybridized carbons (Fsp3) is 0.485. The van der Waals surface area contributed by atoms with Crippen molar-refractivity contribution >= 4 is 34.2 Å². The van der Waals surface area contributed by atoms with Gasteiger partial charge in [0, 0.05) is 11.3 Å². The van der Waals surface area contributed by atoms with Crippen LogP contribution in [0.3, 0.4) is 0 Å². The molecule has 1 heterocycles. The molecule has 5 rings (SSSR count). The van der Waals surface area contributed by atoms with E-state index in [0.29, 0.717) is 31.4 Å². The average Bonchev–Trinajstić information content (AvgIpc) is 3.62. The number of hydrogen-bond acceptors (Lipinski definition) is 9. The van der Waals surface area contributed by atoms with Gasteiger partial charge in [-0.2, -0.15) is 0 Å². The van der Waals surface area contributed by atoms with Crippen molar-refractivity contribution in [2.45, 2.75) is 71.0 Å². The zero-order valence-corrected chi connectivity index (χ0v) is 25.7. The second-order valence-corrected chi connectivity index (χ2v) is 13.3. The van der Waals surface area contributed by atoms with Gasteiger partial charge in [0.05, 0.1) is 23.8 Å². The number of benzene rings is 1. The van der Waals surface area contributed by atoms with Crippen LogP contribution in [0.2, 0.25) is 0 Å². The summed E-state index contributed by atoms with van der Waals surface area (Å²) < 4.78 is 24.8. The number of allylic oxidation sites excluding steroid dienone is 3. The summed E-state index contributed by atoms with van der Waals surface area (Å²) in [6.45, 7) is 6.23. The lowest BCUT2D eigenvalue weighted by Crippen LogP contribution is -2.59. The minimum Gasteiger partial charge on any atom is -0.457 e. The molecule has 230 valence electrons. The Morgan fingerprint density at radius 3 is 2.63 bits per heavy atom. The number of hydrogen-bond donors (Lipinski definition) is 3. The Hall–Kier alpha value is -3.21. The SMILES string of the molecule is CCC1=CC(=Nc2ccc(F)cc2)C(=CN)C[C@]1(C)C1CC2CC[C@](OC(=O)c3ccco3)(C(=O)SCN)[C@@]2(C)C[C@@H]1O. The average molecular weight is 610 g/mol. The fourth-order valence-corrected chi connectivity index (χ4v) is 8.65. The van der Waals surface area contributed by atoms with E-state index in [0.717, 1.165) is 35.0 Å². The van der Waals surface area contributed by atoms with Gasteiger partial charge in [0.1, 0.15) is 5.82 Å². The second kappa shape index (κ2) is 12.1. The van der Waals surface area contributed by atoms with Crippen LogP contribution in [0.4, 0.5) is 10.1 Å². The van der Waals surface area contributed by atoms with E-state index >= 15 is 0 Å². The highest BCUT2D eigenvalue weighted by molar-refractivity contribution is 8.13. The first-order valence-electron chi connectivity index (χ1n) is 14.8. The minimum absolute atomic E-state index is 0.0159. The van der Waals surface area contributed by atoms with Crippen LogP contribution < -0.4 is 11.5 Å². The van der Waals surface area contributed by atoms with Gasteiger partial charge in [-0.05, 0) is 110 Å². The van der Waals surface area contributed by atoms with E-state index in [9.17, 15) is 19.1 Å². The minimum atomic E-state index is -1.44. The van der Waals surface area contributed by atoms with Gasteiger partial charge < -0.3 is 25.7 Å². The predicted molar refractivity (Wildman–Crippen MR) is 165 cm³/mol. The molecule has 8 nitrogen and oxygen atoms in total. The standard InChI is InChI=1S/C33H40FN3O5S/c1-4-21-15-26(37-24-9-7-23(34)8-10-24)20(18-35)16-31(21,2)25-14-22-11-12-33(30(40)43-19-36,32(22,3)17-27(25)38)42-29(39)28-6-5-13-41-28/h5-10,13,15,18,22,25,27,38H,4,11-12,14,16-17,19,35-36H2,1-3H3/t22?,25?,27-,31-,32-,33-/m0/s1. The third-order valence-corrected chi connectivity index (χ3v) is 11.0. The van der Waals surface area contributed by atoms with Crippen LogP contribution in [-0.4, -0.2) is 39.5 Å². The number of esters is 1. The molecule has 2 fully saturated rings. The molecule has 0 radical (unpaired) electrons. The Labute approximate surface area is 255 Å². The molecule has 2 aromatic rings. The molecular weight excluding hydrogens is 569 g/mol. The van der Waals surface area contributed by atoms with Crippen LogP contribution in [0.1, 0.15) is 69.9 Å². The highest BCUT2D eigenvalue weighted by atomic mass is 32.2. The van der Waals surface area contributed by atoms with E-state index in [1.54, 1.807) is 24.4 Å². The molecule has 10 heteroatoms. The highest BCUT2D eigenvalue weighted by Crippen LogP contribution is 2.64. The Balaban J connectivity index is 1.48. The van der Waals surface area contributed by atoms with Crippen LogP contribution in [0.15, 0.2) is 75.5 Å². The molecule has 0 aliphatic heterocycles. The first-order chi connectivity index (χ1) is 20.5. The Bertz CT molecular complexity index is 1460. The van der Waals surface area contributed by atoms with E-state index in [-0.39, 0.29) is 40.8 Å². The highest BCUT2D eigenvalue weighted by Gasteiger charge is 2.67. The maximum atomic E-state index is 13.7. The lowest BCUT2D eigenvalue weighted by atomic mass is 9.52. The largest absolute Gasteiger partial charge is 0.457 e. The molecule has 3 aliphatic carbocycles. The smallest absolute Gasteiger partial charge is 0.375 e. The number of carbonyl (C=O) groups is 2. The Morgan fingerprint density at radius 1 is 1.26 bits per heavy atom. The zero-order chi connectivity index (χ0) is 31.0. The van der Waals surface area contributed by atoms with Crippen LogP contribution in [0.5, 0.6) is 0 Å². The van der Waals surface area contributed by atoms with Gasteiger partial charge in [-0.25, -0.2) is 14.2 Å². The van der Waals surface area contributed by atoms with Gasteiger partial charge in [-0.3, -0.25) is 4.79 Å². The van der Waals surface area contributed by atoms with Crippen molar-refractivity contribution in [3.8, 4) is 0 Å². The maximum absolute atomic E-state index is 13.7. The third kappa shape index (κ3) is 5.38. The predicted octanol–water partition coefficient (Wildman–Crippen LogP) is 6.04. The van der Waals surface area contributed by atoms with Crippen LogP contribution in [-0.2, 0) is 9.53 Å². The van der Waals surface area contributed by atoms with Gasteiger partial charge >= 0.3 is 5.97 Å². The van der Waals surface area contributed by atoms with Crippen molar-refractivity contribution in [1.29, 1.82) is 0 Å². The number of carbonyl (C=O) groups excluding carboxylic acids is 2. The van der Waals surface area contributed by atoms with E-state index in [1.807, 2.05) is 6.92 Å². The topological polar surface area (TPSA) is 141 Å². The van der Waals surface area contributed by atoms with Gasteiger partial charge in [-0.1, -0.05) is 38.1 Å². The van der Waals surface area contributed by atoms with E-state index in [2.05, 4.69) is 19.9 Å². The zero-order valence-electron chi connectivity index (χ0n) is 24.8. The number of aliphatic hydroxyl groups excluding tert-OH is 1. The number of nitrogens with zero attached hydrogens (tertiary/aromatic N) is 1. The van der Waals surface area contributed by atoms with Crippen molar-refractivity contribution in [3.05, 3.63) is 77.7 Å². The summed E-state index contributed by atoms with van der Waals surface area (Å²) in [5.74, 6) is -1.06. The molecule has 2 unspecified atom stereocenters. The molecule has 2 saturated carbocycles. The summed E-state index contributed by atoms with van der Waals surface area (Å²) in [5, 5.41) is 11.6. The summed E-state index contributed by atoms with van der Waals surface area (Å²) in [7, 11) is 0. The first kappa shape index (κ1) is 31.2. The number of nitrogens with two attached hydrogens (primary N) is 2. The number of fused-ring (bicyclic) bond motifs is 1.